The quantitative estimate of drug-likeness (QED) is 0.814. The van der Waals surface area contributed by atoms with E-state index < -0.39 is 0 Å². The molecule has 0 amide bonds. The minimum atomic E-state index is 0.335. The van der Waals surface area contributed by atoms with Crippen LogP contribution >= 0.6 is 11.6 Å². The first-order valence-electron chi connectivity index (χ1n) is 6.38. The second kappa shape index (κ2) is 5.83. The molecule has 0 spiro atoms. The normalized spacial score (nSPS) is 17.2. The summed E-state index contributed by atoms with van der Waals surface area (Å²) in [4.78, 5) is 0. The predicted molar refractivity (Wildman–Crippen MR) is 67.3 cm³/mol. The van der Waals surface area contributed by atoms with Gasteiger partial charge in [0.2, 0.25) is 5.28 Å². The molecule has 1 aromatic heterocycles. The zero-order chi connectivity index (χ0) is 12.3. The molecule has 1 saturated carbocycles. The first kappa shape index (κ1) is 12.8. The Balaban J connectivity index is 1.87. The number of rotatable bonds is 5. The molecule has 1 aromatic rings. The van der Waals surface area contributed by atoms with Crippen molar-refractivity contribution < 1.29 is 4.74 Å². The molecule has 0 unspecified atom stereocenters. The highest BCUT2D eigenvalue weighted by Gasteiger charge is 2.17. The van der Waals surface area contributed by atoms with Crippen LogP contribution in [0.5, 0.6) is 0 Å². The third kappa shape index (κ3) is 3.19. The van der Waals surface area contributed by atoms with Gasteiger partial charge in [0.15, 0.2) is 0 Å². The highest BCUT2D eigenvalue weighted by Crippen LogP contribution is 2.21. The molecule has 1 aliphatic rings. The summed E-state index contributed by atoms with van der Waals surface area (Å²) < 4.78 is 7.78. The largest absolute Gasteiger partial charge is 0.376 e. The number of ether oxygens (including phenoxy) is 1. The lowest BCUT2D eigenvalue weighted by Crippen LogP contribution is -2.15. The lowest BCUT2D eigenvalue weighted by atomic mass is 10.2. The second-order valence-electron chi connectivity index (χ2n) is 4.91. The Hall–Kier alpha value is -0.610. The van der Waals surface area contributed by atoms with Crippen LogP contribution in [0.1, 0.15) is 51.3 Å². The van der Waals surface area contributed by atoms with E-state index in [4.69, 9.17) is 16.3 Å². The van der Waals surface area contributed by atoms with Crippen LogP contribution in [0, 0.1) is 0 Å². The molecule has 0 radical (unpaired) electrons. The highest BCUT2D eigenvalue weighted by molar-refractivity contribution is 6.28. The molecule has 1 heterocycles. The minimum absolute atomic E-state index is 0.335. The fourth-order valence-corrected chi connectivity index (χ4v) is 2.50. The van der Waals surface area contributed by atoms with E-state index in [1.807, 2.05) is 4.57 Å². The molecule has 0 atom stereocenters. The van der Waals surface area contributed by atoms with E-state index in [1.54, 1.807) is 0 Å². The van der Waals surface area contributed by atoms with Crippen molar-refractivity contribution in [3.8, 4) is 0 Å². The third-order valence-corrected chi connectivity index (χ3v) is 3.50. The molecule has 4 nitrogen and oxygen atoms in total. The lowest BCUT2D eigenvalue weighted by Gasteiger charge is -2.13. The standard InChI is InChI=1S/C12H20ClN3O/c1-9(2)11-14-15-12(13)16(11)7-8-17-10-5-3-4-6-10/h9-10H,3-8H2,1-2H3. The van der Waals surface area contributed by atoms with Gasteiger partial charge in [0.1, 0.15) is 5.82 Å². The summed E-state index contributed by atoms with van der Waals surface area (Å²) in [7, 11) is 0. The monoisotopic (exact) mass is 257 g/mol. The van der Waals surface area contributed by atoms with Crippen molar-refractivity contribution in [1.29, 1.82) is 0 Å². The predicted octanol–water partition coefficient (Wildman–Crippen LogP) is 3.01. The fourth-order valence-electron chi connectivity index (χ4n) is 2.29. The number of hydrogen-bond donors (Lipinski definition) is 0. The summed E-state index contributed by atoms with van der Waals surface area (Å²) in [5.41, 5.74) is 0. The molecule has 1 aliphatic carbocycles. The zero-order valence-corrected chi connectivity index (χ0v) is 11.3. The van der Waals surface area contributed by atoms with Gasteiger partial charge in [-0.25, -0.2) is 0 Å². The van der Waals surface area contributed by atoms with E-state index in [1.165, 1.54) is 25.7 Å². The minimum Gasteiger partial charge on any atom is -0.376 e. The summed E-state index contributed by atoms with van der Waals surface area (Å²) in [5.74, 6) is 1.27. The van der Waals surface area contributed by atoms with Crippen molar-refractivity contribution in [1.82, 2.24) is 14.8 Å². The first-order valence-corrected chi connectivity index (χ1v) is 6.76. The summed E-state index contributed by atoms with van der Waals surface area (Å²) in [6, 6.07) is 0. The van der Waals surface area contributed by atoms with Crippen LogP contribution in [-0.2, 0) is 11.3 Å². The third-order valence-electron chi connectivity index (χ3n) is 3.22. The summed E-state index contributed by atoms with van der Waals surface area (Å²) in [5, 5.41) is 8.46. The van der Waals surface area contributed by atoms with E-state index in [2.05, 4.69) is 24.0 Å². The van der Waals surface area contributed by atoms with Crippen molar-refractivity contribution in [2.75, 3.05) is 6.61 Å². The van der Waals surface area contributed by atoms with Gasteiger partial charge in [-0.15, -0.1) is 10.2 Å². The number of nitrogens with zero attached hydrogens (tertiary/aromatic N) is 3. The molecule has 0 saturated heterocycles. The van der Waals surface area contributed by atoms with Crippen LogP contribution in [0.4, 0.5) is 0 Å². The number of aromatic nitrogens is 3. The van der Waals surface area contributed by atoms with Gasteiger partial charge in [0.05, 0.1) is 19.3 Å². The van der Waals surface area contributed by atoms with Gasteiger partial charge in [-0.2, -0.15) is 0 Å². The van der Waals surface area contributed by atoms with Crippen molar-refractivity contribution in [3.63, 3.8) is 0 Å². The Morgan fingerprint density at radius 2 is 2.06 bits per heavy atom. The van der Waals surface area contributed by atoms with Gasteiger partial charge < -0.3 is 4.74 Å². The SMILES string of the molecule is CC(C)c1nnc(Cl)n1CCOC1CCCC1. The maximum atomic E-state index is 6.02. The molecule has 0 bridgehead atoms. The van der Waals surface area contributed by atoms with Crippen LogP contribution in [0.25, 0.3) is 0 Å². The van der Waals surface area contributed by atoms with E-state index in [0.29, 0.717) is 23.9 Å². The molecule has 0 aromatic carbocycles. The average molecular weight is 258 g/mol. The van der Waals surface area contributed by atoms with Crippen LogP contribution in [0.3, 0.4) is 0 Å². The first-order chi connectivity index (χ1) is 8.18. The molecule has 1 fully saturated rings. The molecule has 96 valence electrons. The van der Waals surface area contributed by atoms with Crippen LogP contribution in [0.2, 0.25) is 5.28 Å². The van der Waals surface area contributed by atoms with E-state index in [-0.39, 0.29) is 0 Å². The van der Waals surface area contributed by atoms with Gasteiger partial charge in [-0.05, 0) is 24.4 Å². The maximum Gasteiger partial charge on any atom is 0.225 e. The molecule has 17 heavy (non-hydrogen) atoms. The van der Waals surface area contributed by atoms with E-state index in [9.17, 15) is 0 Å². The Kier molecular flexibility index (Phi) is 4.40. The molecule has 5 heteroatoms. The highest BCUT2D eigenvalue weighted by atomic mass is 35.5. The van der Waals surface area contributed by atoms with E-state index >= 15 is 0 Å². The second-order valence-corrected chi connectivity index (χ2v) is 5.25. The molecule has 0 N–H and O–H groups in total. The number of hydrogen-bond acceptors (Lipinski definition) is 3. The molecule has 2 rings (SSSR count). The van der Waals surface area contributed by atoms with Crippen LogP contribution in [0.15, 0.2) is 0 Å². The van der Waals surface area contributed by atoms with Gasteiger partial charge in [0.25, 0.3) is 0 Å². The van der Waals surface area contributed by atoms with Gasteiger partial charge >= 0.3 is 0 Å². The molecular weight excluding hydrogens is 238 g/mol. The number of halogens is 1. The topological polar surface area (TPSA) is 39.9 Å². The van der Waals surface area contributed by atoms with Crippen molar-refractivity contribution in [2.45, 2.75) is 58.1 Å². The van der Waals surface area contributed by atoms with E-state index in [0.717, 1.165) is 12.4 Å². The zero-order valence-electron chi connectivity index (χ0n) is 10.5. The molecular formula is C12H20ClN3O. The van der Waals surface area contributed by atoms with Gasteiger partial charge in [-0.1, -0.05) is 26.7 Å². The van der Waals surface area contributed by atoms with Crippen LogP contribution < -0.4 is 0 Å². The Bertz CT molecular complexity index is 359. The van der Waals surface area contributed by atoms with Gasteiger partial charge in [0, 0.05) is 5.92 Å². The van der Waals surface area contributed by atoms with Crippen molar-refractivity contribution in [2.24, 2.45) is 0 Å². The summed E-state index contributed by atoms with van der Waals surface area (Å²) in [6.45, 7) is 5.63. The maximum absolute atomic E-state index is 6.02. The van der Waals surface area contributed by atoms with Crippen LogP contribution in [-0.4, -0.2) is 27.5 Å². The van der Waals surface area contributed by atoms with Crippen molar-refractivity contribution >= 4 is 11.6 Å². The van der Waals surface area contributed by atoms with Crippen molar-refractivity contribution in [3.05, 3.63) is 11.1 Å². The summed E-state index contributed by atoms with van der Waals surface area (Å²) in [6.07, 6.45) is 5.46. The fraction of sp³-hybridized carbons (Fsp3) is 0.833. The lowest BCUT2D eigenvalue weighted by molar-refractivity contribution is 0.0525. The Morgan fingerprint density at radius 1 is 1.35 bits per heavy atom. The summed E-state index contributed by atoms with van der Waals surface area (Å²) >= 11 is 6.02. The smallest absolute Gasteiger partial charge is 0.225 e. The Morgan fingerprint density at radius 3 is 2.71 bits per heavy atom. The van der Waals surface area contributed by atoms with Gasteiger partial charge in [-0.3, -0.25) is 4.57 Å². The average Bonchev–Trinajstić information content (AvgIpc) is 2.89. The molecule has 0 aliphatic heterocycles. The Labute approximate surface area is 107 Å².